The van der Waals surface area contributed by atoms with Crippen molar-refractivity contribution < 1.29 is 0 Å². The summed E-state index contributed by atoms with van der Waals surface area (Å²) in [6, 6.07) is 1.05. The molecular formula is C5H12N2. The smallest absolute Gasteiger partial charge is 0.0369 e. The topological polar surface area (TPSA) is 29.0 Å². The zero-order valence-electron chi connectivity index (χ0n) is 4.89. The van der Waals surface area contributed by atoms with Gasteiger partial charge in [-0.3, -0.25) is 4.90 Å². The predicted molar refractivity (Wildman–Crippen MR) is 30.1 cm³/mol. The van der Waals surface area contributed by atoms with Crippen molar-refractivity contribution in [1.29, 1.82) is 0 Å². The van der Waals surface area contributed by atoms with Crippen molar-refractivity contribution >= 4 is 0 Å². The summed E-state index contributed by atoms with van der Waals surface area (Å²) in [6.07, 6.45) is 0. The standard InChI is InChI=1S/C5H12N2/c1-4(6)5-3-7(5)2/h4-5H,3,6H2,1-2H3. The third kappa shape index (κ3) is 0.924. The molecule has 0 radical (unpaired) electrons. The lowest BCUT2D eigenvalue weighted by Gasteiger charge is -1.98. The van der Waals surface area contributed by atoms with Crippen LogP contribution in [0.25, 0.3) is 0 Å². The molecule has 1 heterocycles. The molecular weight excluding hydrogens is 88.1 g/mol. The molecule has 1 saturated heterocycles. The van der Waals surface area contributed by atoms with Crippen LogP contribution in [0, 0.1) is 0 Å². The summed E-state index contributed by atoms with van der Waals surface area (Å²) in [7, 11) is 2.09. The van der Waals surface area contributed by atoms with Gasteiger partial charge in [0.05, 0.1) is 0 Å². The lowest BCUT2D eigenvalue weighted by atomic mass is 10.3. The van der Waals surface area contributed by atoms with Gasteiger partial charge in [-0.05, 0) is 14.0 Å². The Balaban J connectivity index is 2.20. The maximum atomic E-state index is 5.55. The van der Waals surface area contributed by atoms with Crippen LogP contribution in [0.5, 0.6) is 0 Å². The van der Waals surface area contributed by atoms with Crippen LogP contribution in [0.3, 0.4) is 0 Å². The number of rotatable bonds is 1. The van der Waals surface area contributed by atoms with Crippen molar-refractivity contribution in [3.8, 4) is 0 Å². The van der Waals surface area contributed by atoms with Crippen LogP contribution in [0.15, 0.2) is 0 Å². The van der Waals surface area contributed by atoms with Gasteiger partial charge in [-0.1, -0.05) is 0 Å². The molecule has 1 fully saturated rings. The lowest BCUT2D eigenvalue weighted by Crippen LogP contribution is -2.24. The first-order valence-electron chi connectivity index (χ1n) is 2.67. The van der Waals surface area contributed by atoms with Gasteiger partial charge in [-0.15, -0.1) is 0 Å². The summed E-state index contributed by atoms with van der Waals surface area (Å²) in [4.78, 5) is 2.24. The Labute approximate surface area is 44.3 Å². The van der Waals surface area contributed by atoms with Gasteiger partial charge in [0, 0.05) is 18.6 Å². The van der Waals surface area contributed by atoms with Gasteiger partial charge in [-0.2, -0.15) is 0 Å². The highest BCUT2D eigenvalue weighted by Crippen LogP contribution is 2.14. The van der Waals surface area contributed by atoms with Crippen molar-refractivity contribution in [1.82, 2.24) is 4.90 Å². The monoisotopic (exact) mass is 100 g/mol. The van der Waals surface area contributed by atoms with E-state index in [1.807, 2.05) is 6.92 Å². The van der Waals surface area contributed by atoms with Gasteiger partial charge in [0.25, 0.3) is 0 Å². The third-order valence-electron chi connectivity index (χ3n) is 1.51. The first-order chi connectivity index (χ1) is 3.22. The molecule has 0 aromatic rings. The number of hydrogen-bond donors (Lipinski definition) is 1. The Hall–Kier alpha value is -0.0800. The summed E-state index contributed by atoms with van der Waals surface area (Å²) in [5, 5.41) is 0. The van der Waals surface area contributed by atoms with Crippen LogP contribution in [-0.2, 0) is 0 Å². The van der Waals surface area contributed by atoms with E-state index in [9.17, 15) is 0 Å². The van der Waals surface area contributed by atoms with E-state index in [0.717, 1.165) is 0 Å². The summed E-state index contributed by atoms with van der Waals surface area (Å²) in [6.45, 7) is 3.24. The minimum absolute atomic E-state index is 0.366. The van der Waals surface area contributed by atoms with Gasteiger partial charge in [0.1, 0.15) is 0 Å². The minimum atomic E-state index is 0.366. The van der Waals surface area contributed by atoms with E-state index in [0.29, 0.717) is 12.1 Å². The Morgan fingerprint density at radius 1 is 1.86 bits per heavy atom. The summed E-state index contributed by atoms with van der Waals surface area (Å²) < 4.78 is 0. The van der Waals surface area contributed by atoms with E-state index in [4.69, 9.17) is 5.73 Å². The molecule has 7 heavy (non-hydrogen) atoms. The molecule has 3 unspecified atom stereocenters. The lowest BCUT2D eigenvalue weighted by molar-refractivity contribution is 0.555. The summed E-state index contributed by atoms with van der Waals surface area (Å²) in [5.74, 6) is 0. The van der Waals surface area contributed by atoms with E-state index in [1.54, 1.807) is 0 Å². The second-order valence-electron chi connectivity index (χ2n) is 2.37. The fourth-order valence-electron chi connectivity index (χ4n) is 0.816. The zero-order chi connectivity index (χ0) is 5.44. The van der Waals surface area contributed by atoms with E-state index in [-0.39, 0.29) is 0 Å². The van der Waals surface area contributed by atoms with Crippen LogP contribution in [-0.4, -0.2) is 30.6 Å². The molecule has 1 aliphatic rings. The highest BCUT2D eigenvalue weighted by atomic mass is 15.3. The molecule has 0 aromatic heterocycles. The highest BCUT2D eigenvalue weighted by molar-refractivity contribution is 4.91. The molecule has 2 N–H and O–H groups in total. The number of likely N-dealkylation sites (N-methyl/N-ethyl adjacent to an activating group) is 1. The average molecular weight is 100 g/mol. The molecule has 0 bridgehead atoms. The van der Waals surface area contributed by atoms with E-state index in [2.05, 4.69) is 11.9 Å². The molecule has 0 aromatic carbocycles. The molecule has 0 saturated carbocycles. The van der Waals surface area contributed by atoms with Crippen LogP contribution in [0.2, 0.25) is 0 Å². The van der Waals surface area contributed by atoms with Gasteiger partial charge < -0.3 is 5.73 Å². The Kier molecular flexibility index (Phi) is 1.05. The Morgan fingerprint density at radius 3 is 2.29 bits per heavy atom. The fourth-order valence-corrected chi connectivity index (χ4v) is 0.816. The van der Waals surface area contributed by atoms with Crippen molar-refractivity contribution in [2.24, 2.45) is 5.73 Å². The quantitative estimate of drug-likeness (QED) is 0.456. The first-order valence-corrected chi connectivity index (χ1v) is 2.67. The summed E-state index contributed by atoms with van der Waals surface area (Å²) in [5.41, 5.74) is 5.55. The SMILES string of the molecule is CC(N)C1CN1C. The van der Waals surface area contributed by atoms with Crippen molar-refractivity contribution in [2.75, 3.05) is 13.6 Å². The number of nitrogens with two attached hydrogens (primary N) is 1. The molecule has 2 heteroatoms. The van der Waals surface area contributed by atoms with Crippen LogP contribution < -0.4 is 5.73 Å². The average Bonchev–Trinajstić information content (AvgIpc) is 2.17. The molecule has 1 aliphatic heterocycles. The molecule has 2 nitrogen and oxygen atoms in total. The van der Waals surface area contributed by atoms with Gasteiger partial charge >= 0.3 is 0 Å². The van der Waals surface area contributed by atoms with Gasteiger partial charge in [0.15, 0.2) is 0 Å². The third-order valence-corrected chi connectivity index (χ3v) is 1.51. The minimum Gasteiger partial charge on any atom is -0.326 e. The van der Waals surface area contributed by atoms with E-state index >= 15 is 0 Å². The summed E-state index contributed by atoms with van der Waals surface area (Å²) >= 11 is 0. The van der Waals surface area contributed by atoms with Gasteiger partial charge in [-0.25, -0.2) is 0 Å². The Morgan fingerprint density at radius 2 is 2.29 bits per heavy atom. The molecule has 42 valence electrons. The van der Waals surface area contributed by atoms with E-state index in [1.165, 1.54) is 6.54 Å². The normalized spacial score (nSPS) is 43.3. The number of hydrogen-bond acceptors (Lipinski definition) is 2. The predicted octanol–water partition coefficient (Wildman–Crippen LogP) is -0.352. The van der Waals surface area contributed by atoms with Gasteiger partial charge in [0.2, 0.25) is 0 Å². The van der Waals surface area contributed by atoms with Crippen LogP contribution >= 0.6 is 0 Å². The van der Waals surface area contributed by atoms with E-state index < -0.39 is 0 Å². The molecule has 0 aliphatic carbocycles. The second-order valence-corrected chi connectivity index (χ2v) is 2.37. The molecule has 3 atom stereocenters. The number of nitrogens with zero attached hydrogens (tertiary/aromatic N) is 1. The largest absolute Gasteiger partial charge is 0.326 e. The fraction of sp³-hybridized carbons (Fsp3) is 1.00. The zero-order valence-corrected chi connectivity index (χ0v) is 4.89. The maximum Gasteiger partial charge on any atom is 0.0369 e. The molecule has 1 rings (SSSR count). The van der Waals surface area contributed by atoms with Crippen molar-refractivity contribution in [2.45, 2.75) is 19.0 Å². The highest BCUT2D eigenvalue weighted by Gasteiger charge is 2.32. The molecule has 0 spiro atoms. The second kappa shape index (κ2) is 1.46. The first kappa shape index (κ1) is 5.06. The maximum absolute atomic E-state index is 5.55. The van der Waals surface area contributed by atoms with Crippen LogP contribution in [0.1, 0.15) is 6.92 Å². The van der Waals surface area contributed by atoms with Crippen molar-refractivity contribution in [3.63, 3.8) is 0 Å². The Bertz CT molecular complexity index is 70.5. The van der Waals surface area contributed by atoms with Crippen LogP contribution in [0.4, 0.5) is 0 Å². The molecule has 0 amide bonds. The van der Waals surface area contributed by atoms with Crippen molar-refractivity contribution in [3.05, 3.63) is 0 Å².